The molecule has 0 atom stereocenters. The van der Waals surface area contributed by atoms with Crippen LogP contribution in [0.1, 0.15) is 16.7 Å². The van der Waals surface area contributed by atoms with Crippen LogP contribution in [0.25, 0.3) is 0 Å². The molecule has 108 valence electrons. The van der Waals surface area contributed by atoms with Gasteiger partial charge in [0.05, 0.1) is 10.6 Å². The van der Waals surface area contributed by atoms with Gasteiger partial charge in [-0.2, -0.15) is 0 Å². The zero-order chi connectivity index (χ0) is 15.6. The van der Waals surface area contributed by atoms with E-state index < -0.39 is 10.0 Å². The van der Waals surface area contributed by atoms with Crippen LogP contribution in [-0.4, -0.2) is 8.42 Å². The van der Waals surface area contributed by atoms with Crippen molar-refractivity contribution in [2.24, 2.45) is 0 Å². The summed E-state index contributed by atoms with van der Waals surface area (Å²) >= 11 is 0. The van der Waals surface area contributed by atoms with Crippen LogP contribution >= 0.6 is 0 Å². The highest BCUT2D eigenvalue weighted by Crippen LogP contribution is 2.23. The van der Waals surface area contributed by atoms with Crippen LogP contribution in [0.15, 0.2) is 41.3 Å². The second kappa shape index (κ2) is 5.51. The minimum absolute atomic E-state index is 0.134. The van der Waals surface area contributed by atoms with Crippen molar-refractivity contribution in [1.82, 2.24) is 0 Å². The van der Waals surface area contributed by atoms with Gasteiger partial charge >= 0.3 is 0 Å². The second-order valence-corrected chi connectivity index (χ2v) is 6.47. The molecule has 0 bridgehead atoms. The number of nitrogen functional groups attached to an aromatic ring is 1. The fourth-order valence-electron chi connectivity index (χ4n) is 1.89. The van der Waals surface area contributed by atoms with E-state index >= 15 is 0 Å². The van der Waals surface area contributed by atoms with Crippen LogP contribution in [-0.2, 0) is 10.0 Å². The first-order valence-corrected chi connectivity index (χ1v) is 7.78. The Hall–Kier alpha value is -2.45. The Morgan fingerprint density at radius 1 is 1.19 bits per heavy atom. The monoisotopic (exact) mass is 300 g/mol. The van der Waals surface area contributed by atoms with Gasteiger partial charge in [-0.05, 0) is 55.3 Å². The van der Waals surface area contributed by atoms with Crippen LogP contribution in [0.3, 0.4) is 0 Å². The van der Waals surface area contributed by atoms with Gasteiger partial charge in [-0.25, -0.2) is 8.42 Å². The van der Waals surface area contributed by atoms with Gasteiger partial charge in [0.15, 0.2) is 0 Å². The van der Waals surface area contributed by atoms with Crippen LogP contribution in [0.4, 0.5) is 11.4 Å². The average Bonchev–Trinajstić information content (AvgIpc) is 2.44. The topological polar surface area (TPSA) is 72.2 Å². The Morgan fingerprint density at radius 3 is 2.52 bits per heavy atom. The molecule has 3 N–H and O–H groups in total. The zero-order valence-electron chi connectivity index (χ0n) is 11.8. The lowest BCUT2D eigenvalue weighted by Crippen LogP contribution is -2.14. The lowest BCUT2D eigenvalue weighted by molar-refractivity contribution is 0.601. The summed E-state index contributed by atoms with van der Waals surface area (Å²) in [4.78, 5) is 0.134. The van der Waals surface area contributed by atoms with E-state index in [1.807, 2.05) is 13.8 Å². The molecule has 0 heterocycles. The summed E-state index contributed by atoms with van der Waals surface area (Å²) in [6.07, 6.45) is 5.31. The van der Waals surface area contributed by atoms with Crippen molar-refractivity contribution >= 4 is 21.4 Å². The largest absolute Gasteiger partial charge is 0.398 e. The quantitative estimate of drug-likeness (QED) is 0.676. The summed E-state index contributed by atoms with van der Waals surface area (Å²) in [6, 6.07) is 9.72. The number of hydrogen-bond acceptors (Lipinski definition) is 3. The molecule has 0 aliphatic rings. The van der Waals surface area contributed by atoms with Gasteiger partial charge in [-0.1, -0.05) is 12.0 Å². The average molecular weight is 300 g/mol. The first-order valence-electron chi connectivity index (χ1n) is 6.29. The molecular weight excluding hydrogens is 284 g/mol. The predicted octanol–water partition coefficient (Wildman–Crippen LogP) is 2.67. The summed E-state index contributed by atoms with van der Waals surface area (Å²) in [5.74, 6) is 2.46. The van der Waals surface area contributed by atoms with Crippen molar-refractivity contribution in [2.45, 2.75) is 18.7 Å². The first kappa shape index (κ1) is 14.9. The van der Waals surface area contributed by atoms with E-state index in [2.05, 4.69) is 10.6 Å². The molecule has 0 amide bonds. The molecule has 0 aliphatic carbocycles. The number of hydrogen-bond donors (Lipinski definition) is 2. The second-order valence-electron chi connectivity index (χ2n) is 4.79. The molecule has 2 rings (SSSR count). The van der Waals surface area contributed by atoms with E-state index in [4.69, 9.17) is 12.2 Å². The van der Waals surface area contributed by atoms with Crippen molar-refractivity contribution < 1.29 is 8.42 Å². The van der Waals surface area contributed by atoms with Crippen molar-refractivity contribution in [1.29, 1.82) is 0 Å². The normalized spacial score (nSPS) is 10.9. The third-order valence-electron chi connectivity index (χ3n) is 3.27. The van der Waals surface area contributed by atoms with E-state index in [1.165, 1.54) is 6.07 Å². The molecule has 0 saturated carbocycles. The maximum absolute atomic E-state index is 12.4. The molecule has 0 fully saturated rings. The molecule has 0 saturated heterocycles. The number of sulfonamides is 1. The van der Waals surface area contributed by atoms with Crippen molar-refractivity contribution in [2.75, 3.05) is 10.5 Å². The molecular formula is C16H16N2O2S. The zero-order valence-corrected chi connectivity index (χ0v) is 12.7. The maximum atomic E-state index is 12.4. The molecule has 4 nitrogen and oxygen atoms in total. The van der Waals surface area contributed by atoms with Crippen molar-refractivity contribution in [3.63, 3.8) is 0 Å². The van der Waals surface area contributed by atoms with Gasteiger partial charge in [0.25, 0.3) is 10.0 Å². The summed E-state index contributed by atoms with van der Waals surface area (Å²) in [5, 5.41) is 0. The molecule has 0 aliphatic heterocycles. The van der Waals surface area contributed by atoms with Gasteiger partial charge in [0.2, 0.25) is 0 Å². The highest BCUT2D eigenvalue weighted by molar-refractivity contribution is 7.92. The number of benzene rings is 2. The fourth-order valence-corrected chi connectivity index (χ4v) is 3.06. The maximum Gasteiger partial charge on any atom is 0.261 e. The van der Waals surface area contributed by atoms with Gasteiger partial charge in [0, 0.05) is 11.3 Å². The molecule has 0 radical (unpaired) electrons. The molecule has 0 unspecified atom stereocenters. The van der Waals surface area contributed by atoms with Gasteiger partial charge < -0.3 is 5.73 Å². The van der Waals surface area contributed by atoms with E-state index in [1.54, 1.807) is 30.3 Å². The number of aryl methyl sites for hydroxylation is 1. The van der Waals surface area contributed by atoms with Crippen LogP contribution in [0.2, 0.25) is 0 Å². The molecule has 21 heavy (non-hydrogen) atoms. The van der Waals surface area contributed by atoms with Crippen LogP contribution in [0.5, 0.6) is 0 Å². The van der Waals surface area contributed by atoms with Crippen LogP contribution in [0, 0.1) is 26.2 Å². The Kier molecular flexibility index (Phi) is 3.92. The van der Waals surface area contributed by atoms with E-state index in [9.17, 15) is 8.42 Å². The van der Waals surface area contributed by atoms with Gasteiger partial charge in [-0.15, -0.1) is 6.42 Å². The van der Waals surface area contributed by atoms with Crippen molar-refractivity contribution in [3.05, 3.63) is 53.1 Å². The Labute approximate surface area is 125 Å². The highest BCUT2D eigenvalue weighted by atomic mass is 32.2. The molecule has 2 aromatic rings. The van der Waals surface area contributed by atoms with Crippen LogP contribution < -0.4 is 10.5 Å². The Morgan fingerprint density at radius 2 is 1.90 bits per heavy atom. The highest BCUT2D eigenvalue weighted by Gasteiger charge is 2.16. The smallest absolute Gasteiger partial charge is 0.261 e. The molecule has 5 heteroatoms. The van der Waals surface area contributed by atoms with E-state index in [0.717, 1.165) is 11.1 Å². The number of nitrogens with two attached hydrogens (primary N) is 1. The van der Waals surface area contributed by atoms with Crippen molar-refractivity contribution in [3.8, 4) is 12.3 Å². The molecule has 2 aromatic carbocycles. The van der Waals surface area contributed by atoms with Gasteiger partial charge in [-0.3, -0.25) is 4.72 Å². The number of anilines is 2. The summed E-state index contributed by atoms with van der Waals surface area (Å²) in [5.41, 5.74) is 9.02. The molecule has 0 aromatic heterocycles. The number of terminal acetylenes is 1. The molecule has 0 spiro atoms. The summed E-state index contributed by atoms with van der Waals surface area (Å²) in [7, 11) is -3.70. The van der Waals surface area contributed by atoms with Gasteiger partial charge in [0.1, 0.15) is 0 Å². The third-order valence-corrected chi connectivity index (χ3v) is 4.63. The third kappa shape index (κ3) is 3.18. The first-order chi connectivity index (χ1) is 9.83. The minimum atomic E-state index is -3.70. The minimum Gasteiger partial charge on any atom is -0.398 e. The lowest BCUT2D eigenvalue weighted by Gasteiger charge is -2.12. The number of nitrogens with one attached hydrogen (secondary N) is 1. The number of rotatable bonds is 3. The fraction of sp³-hybridized carbons (Fsp3) is 0.125. The predicted molar refractivity (Wildman–Crippen MR) is 85.5 cm³/mol. The van der Waals surface area contributed by atoms with E-state index in [0.29, 0.717) is 16.9 Å². The summed E-state index contributed by atoms with van der Waals surface area (Å²) < 4.78 is 27.3. The lowest BCUT2D eigenvalue weighted by atomic mass is 10.1. The Bertz CT molecular complexity index is 811. The SMILES string of the molecule is C#Cc1cccc(NS(=O)(=O)c2cc(C)c(C)c(N)c2)c1. The summed E-state index contributed by atoms with van der Waals surface area (Å²) in [6.45, 7) is 3.68. The standard InChI is InChI=1S/C16H16N2O2S/c1-4-13-6-5-7-14(9-13)18-21(19,20)15-8-11(2)12(3)16(17)10-15/h1,5-10,18H,17H2,2-3H3. The van der Waals surface area contributed by atoms with E-state index in [-0.39, 0.29) is 4.90 Å². The Balaban J connectivity index is 2.41.